The maximum atomic E-state index is 12.5. The number of methoxy groups -OCH3 is 1. The maximum Gasteiger partial charge on any atom is 0.356 e. The number of nitrogens with one attached hydrogen (secondary N) is 2. The van der Waals surface area contributed by atoms with E-state index in [9.17, 15) is 9.59 Å². The zero-order valence-electron chi connectivity index (χ0n) is 15.7. The highest BCUT2D eigenvalue weighted by molar-refractivity contribution is 6.11. The van der Waals surface area contributed by atoms with E-state index in [4.69, 9.17) is 4.74 Å². The highest BCUT2D eigenvalue weighted by Gasteiger charge is 2.21. The van der Waals surface area contributed by atoms with Gasteiger partial charge in [-0.25, -0.2) is 4.79 Å². The first kappa shape index (κ1) is 18.5. The molecule has 1 fully saturated rings. The zero-order chi connectivity index (χ0) is 18.7. The summed E-state index contributed by atoms with van der Waals surface area (Å²) in [5, 5.41) is 3.75. The van der Waals surface area contributed by atoms with E-state index in [1.807, 2.05) is 25.1 Å². The van der Waals surface area contributed by atoms with Crippen LogP contribution >= 0.6 is 0 Å². The molecule has 26 heavy (non-hydrogen) atoms. The first-order valence-corrected chi connectivity index (χ1v) is 9.20. The van der Waals surface area contributed by atoms with Crippen LogP contribution in [-0.4, -0.2) is 48.5 Å². The van der Waals surface area contributed by atoms with Crippen molar-refractivity contribution >= 4 is 28.5 Å². The highest BCUT2D eigenvalue weighted by Crippen LogP contribution is 2.29. The van der Waals surface area contributed by atoms with Gasteiger partial charge in [0.15, 0.2) is 0 Å². The van der Waals surface area contributed by atoms with Gasteiger partial charge in [-0.05, 0) is 44.4 Å². The summed E-state index contributed by atoms with van der Waals surface area (Å²) in [5.41, 5.74) is 2.66. The number of piperidine rings is 1. The number of H-pyrrole nitrogens is 1. The van der Waals surface area contributed by atoms with Gasteiger partial charge in [0.25, 0.3) is 0 Å². The average molecular weight is 357 g/mol. The molecule has 0 bridgehead atoms. The van der Waals surface area contributed by atoms with Crippen molar-refractivity contribution in [1.82, 2.24) is 9.88 Å². The fourth-order valence-electron chi connectivity index (χ4n) is 3.64. The predicted molar refractivity (Wildman–Crippen MR) is 102 cm³/mol. The summed E-state index contributed by atoms with van der Waals surface area (Å²) in [6.07, 6.45) is 2.86. The van der Waals surface area contributed by atoms with Gasteiger partial charge >= 0.3 is 5.97 Å². The fraction of sp³-hybridized carbons (Fsp3) is 0.500. The van der Waals surface area contributed by atoms with Gasteiger partial charge in [0, 0.05) is 30.4 Å². The van der Waals surface area contributed by atoms with E-state index in [0.29, 0.717) is 18.0 Å². The van der Waals surface area contributed by atoms with Crippen LogP contribution in [0.5, 0.6) is 0 Å². The summed E-state index contributed by atoms with van der Waals surface area (Å²) < 4.78 is 4.86. The quantitative estimate of drug-likeness (QED) is 0.805. The molecule has 1 aliphatic heterocycles. The molecule has 1 aromatic heterocycles. The first-order chi connectivity index (χ1) is 12.5. The fourth-order valence-corrected chi connectivity index (χ4v) is 3.64. The monoisotopic (exact) mass is 357 g/mol. The first-order valence-electron chi connectivity index (χ1n) is 9.20. The number of aromatic nitrogens is 1. The number of anilines is 1. The predicted octanol–water partition coefficient (Wildman–Crippen LogP) is 3.32. The molecule has 1 amide bonds. The lowest BCUT2D eigenvalue weighted by Gasteiger charge is -2.30. The van der Waals surface area contributed by atoms with Crippen LogP contribution in [0.2, 0.25) is 0 Å². The SMILES string of the molecule is COC(=O)c1[nH]c2ccc(C)cc2c1NC(=O)CCN1CCC[C@@H](C)C1. The van der Waals surface area contributed by atoms with Gasteiger partial charge in [-0.15, -0.1) is 0 Å². The van der Waals surface area contributed by atoms with E-state index >= 15 is 0 Å². The topological polar surface area (TPSA) is 74.4 Å². The van der Waals surface area contributed by atoms with Crippen LogP contribution in [0.25, 0.3) is 10.9 Å². The molecule has 0 radical (unpaired) electrons. The minimum atomic E-state index is -0.487. The van der Waals surface area contributed by atoms with E-state index < -0.39 is 5.97 Å². The Kier molecular flexibility index (Phi) is 5.61. The Balaban J connectivity index is 1.75. The van der Waals surface area contributed by atoms with Crippen LogP contribution in [0.3, 0.4) is 0 Å². The van der Waals surface area contributed by atoms with Crippen LogP contribution in [0.15, 0.2) is 18.2 Å². The number of aromatic amines is 1. The van der Waals surface area contributed by atoms with Crippen LogP contribution in [-0.2, 0) is 9.53 Å². The van der Waals surface area contributed by atoms with Gasteiger partial charge < -0.3 is 19.9 Å². The number of hydrogen-bond acceptors (Lipinski definition) is 4. The summed E-state index contributed by atoms with van der Waals surface area (Å²) in [5.74, 6) is 0.115. The molecule has 1 aliphatic rings. The Hall–Kier alpha value is -2.34. The second-order valence-corrected chi connectivity index (χ2v) is 7.26. The van der Waals surface area contributed by atoms with Crippen molar-refractivity contribution in [3.8, 4) is 0 Å². The zero-order valence-corrected chi connectivity index (χ0v) is 15.7. The number of carbonyl (C=O) groups excluding carboxylic acids is 2. The smallest absolute Gasteiger partial charge is 0.356 e. The van der Waals surface area contributed by atoms with Crippen molar-refractivity contribution in [3.63, 3.8) is 0 Å². The number of aryl methyl sites for hydroxylation is 1. The molecule has 0 unspecified atom stereocenters. The molecule has 0 spiro atoms. The van der Waals surface area contributed by atoms with Gasteiger partial charge in [-0.3, -0.25) is 4.79 Å². The van der Waals surface area contributed by atoms with Crippen molar-refractivity contribution in [2.24, 2.45) is 5.92 Å². The van der Waals surface area contributed by atoms with Crippen LogP contribution in [0.4, 0.5) is 5.69 Å². The third-order valence-corrected chi connectivity index (χ3v) is 5.00. The number of esters is 1. The number of hydrogen-bond donors (Lipinski definition) is 2. The minimum absolute atomic E-state index is 0.0872. The Labute approximate surface area is 153 Å². The minimum Gasteiger partial charge on any atom is -0.464 e. The van der Waals surface area contributed by atoms with Crippen molar-refractivity contribution in [2.45, 2.75) is 33.1 Å². The Morgan fingerprint density at radius 3 is 2.92 bits per heavy atom. The van der Waals surface area contributed by atoms with Gasteiger partial charge in [-0.2, -0.15) is 0 Å². The molecule has 140 valence electrons. The van der Waals surface area contributed by atoms with Gasteiger partial charge in [0.05, 0.1) is 12.8 Å². The molecular weight excluding hydrogens is 330 g/mol. The molecule has 1 atom stereocenters. The summed E-state index contributed by atoms with van der Waals surface area (Å²) in [6.45, 7) is 7.08. The molecule has 6 nitrogen and oxygen atoms in total. The van der Waals surface area contributed by atoms with Crippen molar-refractivity contribution in [3.05, 3.63) is 29.5 Å². The number of amides is 1. The third kappa shape index (κ3) is 4.07. The number of nitrogens with zero attached hydrogens (tertiary/aromatic N) is 1. The van der Waals surface area contributed by atoms with E-state index in [1.165, 1.54) is 20.0 Å². The number of fused-ring (bicyclic) bond motifs is 1. The number of ether oxygens (including phenoxy) is 1. The summed E-state index contributed by atoms with van der Waals surface area (Å²) in [4.78, 5) is 30.0. The summed E-state index contributed by atoms with van der Waals surface area (Å²) in [6, 6.07) is 5.82. The van der Waals surface area contributed by atoms with E-state index in [2.05, 4.69) is 22.1 Å². The van der Waals surface area contributed by atoms with Crippen molar-refractivity contribution < 1.29 is 14.3 Å². The van der Waals surface area contributed by atoms with Crippen LogP contribution in [0, 0.1) is 12.8 Å². The lowest BCUT2D eigenvalue weighted by molar-refractivity contribution is -0.116. The normalized spacial score (nSPS) is 18.0. The molecular formula is C20H27N3O3. The lowest BCUT2D eigenvalue weighted by Crippen LogP contribution is -2.36. The number of carbonyl (C=O) groups is 2. The molecule has 1 aromatic carbocycles. The third-order valence-electron chi connectivity index (χ3n) is 5.00. The molecule has 2 N–H and O–H groups in total. The molecule has 3 rings (SSSR count). The molecule has 1 saturated heterocycles. The Morgan fingerprint density at radius 2 is 2.19 bits per heavy atom. The number of rotatable bonds is 5. The van der Waals surface area contributed by atoms with Gasteiger partial charge in [-0.1, -0.05) is 18.6 Å². The van der Waals surface area contributed by atoms with Crippen molar-refractivity contribution in [1.29, 1.82) is 0 Å². The second kappa shape index (κ2) is 7.91. The second-order valence-electron chi connectivity index (χ2n) is 7.26. The van der Waals surface area contributed by atoms with E-state index in [0.717, 1.165) is 36.1 Å². The molecule has 6 heteroatoms. The van der Waals surface area contributed by atoms with E-state index in [-0.39, 0.29) is 11.6 Å². The standard InChI is InChI=1S/C20H27N3O3/c1-13-6-7-16-15(11-13)18(19(21-16)20(25)26-3)22-17(24)8-10-23-9-4-5-14(2)12-23/h6-7,11,14,21H,4-5,8-10,12H2,1-3H3,(H,22,24)/t14-/m1/s1. The van der Waals surface area contributed by atoms with Crippen molar-refractivity contribution in [2.75, 3.05) is 32.1 Å². The lowest BCUT2D eigenvalue weighted by atomic mass is 10.0. The Bertz CT molecular complexity index is 812. The van der Waals surface area contributed by atoms with E-state index in [1.54, 1.807) is 0 Å². The van der Waals surface area contributed by atoms with Gasteiger partial charge in [0.1, 0.15) is 5.69 Å². The van der Waals surface area contributed by atoms with Gasteiger partial charge in [0.2, 0.25) is 5.91 Å². The average Bonchev–Trinajstić information content (AvgIpc) is 2.97. The molecule has 2 heterocycles. The molecule has 0 aliphatic carbocycles. The maximum absolute atomic E-state index is 12.5. The molecule has 2 aromatic rings. The van der Waals surface area contributed by atoms with Crippen LogP contribution < -0.4 is 5.32 Å². The highest BCUT2D eigenvalue weighted by atomic mass is 16.5. The largest absolute Gasteiger partial charge is 0.464 e. The molecule has 0 saturated carbocycles. The Morgan fingerprint density at radius 1 is 1.38 bits per heavy atom. The summed E-state index contributed by atoms with van der Waals surface area (Å²) >= 11 is 0. The summed E-state index contributed by atoms with van der Waals surface area (Å²) in [7, 11) is 1.34. The number of likely N-dealkylation sites (tertiary alicyclic amines) is 1. The van der Waals surface area contributed by atoms with Crippen LogP contribution in [0.1, 0.15) is 42.2 Å². The number of benzene rings is 1.